The number of benzene rings is 1. The van der Waals surface area contributed by atoms with Gasteiger partial charge in [-0.1, -0.05) is 36.8 Å². The lowest BCUT2D eigenvalue weighted by atomic mass is 10.1. The third-order valence-corrected chi connectivity index (χ3v) is 3.42. The summed E-state index contributed by atoms with van der Waals surface area (Å²) in [5.41, 5.74) is 2.76. The van der Waals surface area contributed by atoms with Crippen LogP contribution in [0.5, 0.6) is 0 Å². The molecule has 1 atom stereocenters. The molecule has 3 heteroatoms. The number of carbonyl (C=O) groups is 1. The summed E-state index contributed by atoms with van der Waals surface area (Å²) >= 11 is 0. The lowest BCUT2D eigenvalue weighted by Gasteiger charge is -2.08. The van der Waals surface area contributed by atoms with Gasteiger partial charge in [-0.3, -0.25) is 9.48 Å². The first-order chi connectivity index (χ1) is 9.10. The van der Waals surface area contributed by atoms with E-state index in [9.17, 15) is 4.79 Å². The predicted molar refractivity (Wildman–Crippen MR) is 76.4 cm³/mol. The van der Waals surface area contributed by atoms with Crippen LogP contribution in [-0.4, -0.2) is 15.6 Å². The first kappa shape index (κ1) is 13.5. The van der Waals surface area contributed by atoms with Crippen LogP contribution >= 0.6 is 0 Å². The van der Waals surface area contributed by atoms with Gasteiger partial charge in [-0.25, -0.2) is 0 Å². The molecular formula is C16H20N2O. The van der Waals surface area contributed by atoms with Crippen molar-refractivity contribution in [1.82, 2.24) is 9.78 Å². The average molecular weight is 256 g/mol. The minimum absolute atomic E-state index is 0.120. The number of hydrogen-bond acceptors (Lipinski definition) is 2. The number of carbonyl (C=O) groups excluding carboxylic acids is 1. The molecule has 1 unspecified atom stereocenters. The Kier molecular flexibility index (Phi) is 4.15. The zero-order valence-electron chi connectivity index (χ0n) is 11.8. The maximum absolute atomic E-state index is 12.1. The van der Waals surface area contributed by atoms with E-state index in [0.29, 0.717) is 12.5 Å². The lowest BCUT2D eigenvalue weighted by molar-refractivity contribution is 0.0991. The van der Waals surface area contributed by atoms with Crippen LogP contribution in [0.2, 0.25) is 0 Å². The zero-order chi connectivity index (χ0) is 13.8. The Balaban J connectivity index is 2.06. The number of rotatable bonds is 5. The standard InChI is InChI=1S/C16H20N2O/c1-4-13(3)18-10-9-15(17-18)11-16(19)14-7-5-12(2)6-8-14/h5-10,13H,4,11H2,1-3H3. The first-order valence-corrected chi connectivity index (χ1v) is 6.74. The molecule has 19 heavy (non-hydrogen) atoms. The fraction of sp³-hybridized carbons (Fsp3) is 0.375. The van der Waals surface area contributed by atoms with Gasteiger partial charge >= 0.3 is 0 Å². The third kappa shape index (κ3) is 3.31. The number of Topliss-reactive ketones (excluding diaryl/α,β-unsaturated/α-hetero) is 1. The second-order valence-electron chi connectivity index (χ2n) is 5.01. The Labute approximate surface area is 114 Å². The molecule has 1 heterocycles. The van der Waals surface area contributed by atoms with E-state index >= 15 is 0 Å². The molecule has 2 aromatic rings. The van der Waals surface area contributed by atoms with Gasteiger partial charge in [0.15, 0.2) is 5.78 Å². The zero-order valence-corrected chi connectivity index (χ0v) is 11.8. The van der Waals surface area contributed by atoms with Gasteiger partial charge in [-0.15, -0.1) is 0 Å². The van der Waals surface area contributed by atoms with E-state index in [1.807, 2.05) is 48.1 Å². The maximum atomic E-state index is 12.1. The highest BCUT2D eigenvalue weighted by Crippen LogP contribution is 2.11. The van der Waals surface area contributed by atoms with Gasteiger partial charge < -0.3 is 0 Å². The van der Waals surface area contributed by atoms with Crippen LogP contribution in [0.15, 0.2) is 36.5 Å². The Morgan fingerprint density at radius 2 is 1.95 bits per heavy atom. The minimum atomic E-state index is 0.120. The lowest BCUT2D eigenvalue weighted by Crippen LogP contribution is -2.07. The highest BCUT2D eigenvalue weighted by Gasteiger charge is 2.10. The number of nitrogens with zero attached hydrogens (tertiary/aromatic N) is 2. The smallest absolute Gasteiger partial charge is 0.168 e. The van der Waals surface area contributed by atoms with Crippen molar-refractivity contribution in [2.24, 2.45) is 0 Å². The molecule has 100 valence electrons. The van der Waals surface area contributed by atoms with E-state index in [-0.39, 0.29) is 5.78 Å². The monoisotopic (exact) mass is 256 g/mol. The van der Waals surface area contributed by atoms with E-state index in [1.54, 1.807) is 0 Å². The Bertz CT molecular complexity index is 554. The van der Waals surface area contributed by atoms with E-state index in [4.69, 9.17) is 0 Å². The van der Waals surface area contributed by atoms with Crippen LogP contribution < -0.4 is 0 Å². The first-order valence-electron chi connectivity index (χ1n) is 6.74. The van der Waals surface area contributed by atoms with Crippen LogP contribution in [0.3, 0.4) is 0 Å². The van der Waals surface area contributed by atoms with Crippen molar-refractivity contribution in [2.45, 2.75) is 39.7 Å². The summed E-state index contributed by atoms with van der Waals surface area (Å²) in [7, 11) is 0. The van der Waals surface area contributed by atoms with Gasteiger partial charge in [0, 0.05) is 17.8 Å². The molecule has 0 bridgehead atoms. The molecule has 0 fully saturated rings. The number of aromatic nitrogens is 2. The molecule has 1 aromatic carbocycles. The summed E-state index contributed by atoms with van der Waals surface area (Å²) in [6.45, 7) is 6.27. The molecule has 0 saturated carbocycles. The molecule has 0 spiro atoms. The highest BCUT2D eigenvalue weighted by molar-refractivity contribution is 5.97. The number of aryl methyl sites for hydroxylation is 1. The SMILES string of the molecule is CCC(C)n1ccc(CC(=O)c2ccc(C)cc2)n1. The van der Waals surface area contributed by atoms with Crippen LogP contribution in [0.4, 0.5) is 0 Å². The molecule has 0 N–H and O–H groups in total. The van der Waals surface area contributed by atoms with Gasteiger partial charge in [-0.05, 0) is 26.3 Å². The largest absolute Gasteiger partial charge is 0.294 e. The van der Waals surface area contributed by atoms with Crippen molar-refractivity contribution >= 4 is 5.78 Å². The Morgan fingerprint density at radius 1 is 1.26 bits per heavy atom. The summed E-state index contributed by atoms with van der Waals surface area (Å²) in [5, 5.41) is 4.46. The third-order valence-electron chi connectivity index (χ3n) is 3.42. The number of ketones is 1. The van der Waals surface area contributed by atoms with E-state index in [0.717, 1.165) is 23.2 Å². The molecule has 0 aliphatic rings. The van der Waals surface area contributed by atoms with Crippen molar-refractivity contribution < 1.29 is 4.79 Å². The fourth-order valence-corrected chi connectivity index (χ4v) is 1.91. The molecule has 1 aromatic heterocycles. The van der Waals surface area contributed by atoms with Crippen molar-refractivity contribution in [1.29, 1.82) is 0 Å². The second kappa shape index (κ2) is 5.83. The molecule has 0 radical (unpaired) electrons. The molecule has 0 saturated heterocycles. The number of hydrogen-bond donors (Lipinski definition) is 0. The van der Waals surface area contributed by atoms with Gasteiger partial charge in [0.05, 0.1) is 12.1 Å². The molecule has 3 nitrogen and oxygen atoms in total. The molecule has 2 rings (SSSR count). The summed E-state index contributed by atoms with van der Waals surface area (Å²) in [5.74, 6) is 0.120. The molecule has 0 aliphatic carbocycles. The summed E-state index contributed by atoms with van der Waals surface area (Å²) in [6, 6.07) is 9.99. The van der Waals surface area contributed by atoms with Crippen LogP contribution in [0, 0.1) is 6.92 Å². The maximum Gasteiger partial charge on any atom is 0.168 e. The van der Waals surface area contributed by atoms with Crippen LogP contribution in [0.25, 0.3) is 0 Å². The summed E-state index contributed by atoms with van der Waals surface area (Å²) < 4.78 is 1.93. The average Bonchev–Trinajstić information content (AvgIpc) is 2.87. The normalized spacial score (nSPS) is 12.4. The van der Waals surface area contributed by atoms with Crippen LogP contribution in [0.1, 0.15) is 47.9 Å². The van der Waals surface area contributed by atoms with Crippen molar-refractivity contribution in [3.8, 4) is 0 Å². The van der Waals surface area contributed by atoms with Gasteiger partial charge in [0.1, 0.15) is 0 Å². The van der Waals surface area contributed by atoms with E-state index in [2.05, 4.69) is 18.9 Å². The quantitative estimate of drug-likeness (QED) is 0.766. The van der Waals surface area contributed by atoms with Gasteiger partial charge in [0.2, 0.25) is 0 Å². The van der Waals surface area contributed by atoms with Crippen molar-refractivity contribution in [2.75, 3.05) is 0 Å². The highest BCUT2D eigenvalue weighted by atomic mass is 16.1. The van der Waals surface area contributed by atoms with E-state index < -0.39 is 0 Å². The molecular weight excluding hydrogens is 236 g/mol. The second-order valence-corrected chi connectivity index (χ2v) is 5.01. The fourth-order valence-electron chi connectivity index (χ4n) is 1.91. The molecule has 0 aliphatic heterocycles. The minimum Gasteiger partial charge on any atom is -0.294 e. The topological polar surface area (TPSA) is 34.9 Å². The van der Waals surface area contributed by atoms with E-state index in [1.165, 1.54) is 0 Å². The van der Waals surface area contributed by atoms with Crippen molar-refractivity contribution in [3.63, 3.8) is 0 Å². The Morgan fingerprint density at radius 3 is 2.58 bits per heavy atom. The summed E-state index contributed by atoms with van der Waals surface area (Å²) in [4.78, 5) is 12.1. The van der Waals surface area contributed by atoms with Crippen LogP contribution in [-0.2, 0) is 6.42 Å². The predicted octanol–water partition coefficient (Wildman–Crippen LogP) is 3.59. The Hall–Kier alpha value is -1.90. The summed E-state index contributed by atoms with van der Waals surface area (Å²) in [6.07, 6.45) is 3.35. The molecule has 0 amide bonds. The van der Waals surface area contributed by atoms with Crippen molar-refractivity contribution in [3.05, 3.63) is 53.3 Å². The van der Waals surface area contributed by atoms with Gasteiger partial charge in [0.25, 0.3) is 0 Å². The van der Waals surface area contributed by atoms with Gasteiger partial charge in [-0.2, -0.15) is 5.10 Å².